The van der Waals surface area contributed by atoms with Crippen LogP contribution in [0.25, 0.3) is 6.08 Å². The standard InChI is InChI=1S/C16H8ClF2NO/c17-14-2-1-3-15(19)13(14)8-11(9-20)16(21)10-4-6-12(18)7-5-10/h1-8H/b11-8+. The van der Waals surface area contributed by atoms with E-state index in [9.17, 15) is 13.6 Å². The fourth-order valence-corrected chi connectivity index (χ4v) is 1.92. The summed E-state index contributed by atoms with van der Waals surface area (Å²) in [6.07, 6.45) is 1.09. The number of rotatable bonds is 3. The number of carbonyl (C=O) groups is 1. The lowest BCUT2D eigenvalue weighted by molar-refractivity contribution is 0.104. The van der Waals surface area contributed by atoms with E-state index in [1.165, 1.54) is 30.3 Å². The van der Waals surface area contributed by atoms with E-state index >= 15 is 0 Å². The van der Waals surface area contributed by atoms with Gasteiger partial charge in [0, 0.05) is 11.1 Å². The predicted molar refractivity (Wildman–Crippen MR) is 75.7 cm³/mol. The molecule has 0 aliphatic rings. The quantitative estimate of drug-likeness (QED) is 0.479. The number of carbonyl (C=O) groups excluding carboxylic acids is 1. The van der Waals surface area contributed by atoms with Gasteiger partial charge >= 0.3 is 0 Å². The van der Waals surface area contributed by atoms with Crippen molar-refractivity contribution < 1.29 is 13.6 Å². The van der Waals surface area contributed by atoms with Gasteiger partial charge in [0.25, 0.3) is 0 Å². The molecular formula is C16H8ClF2NO. The number of hydrogen-bond donors (Lipinski definition) is 0. The lowest BCUT2D eigenvalue weighted by Gasteiger charge is -2.02. The van der Waals surface area contributed by atoms with Gasteiger partial charge < -0.3 is 0 Å². The van der Waals surface area contributed by atoms with Crippen molar-refractivity contribution in [1.82, 2.24) is 0 Å². The molecule has 0 atom stereocenters. The largest absolute Gasteiger partial charge is 0.288 e. The normalized spacial score (nSPS) is 11.0. The molecule has 2 rings (SSSR count). The Balaban J connectivity index is 2.45. The van der Waals surface area contributed by atoms with Gasteiger partial charge in [-0.05, 0) is 42.5 Å². The van der Waals surface area contributed by atoms with E-state index in [1.54, 1.807) is 6.07 Å². The fraction of sp³-hybridized carbons (Fsp3) is 0. The molecule has 0 heterocycles. The average Bonchev–Trinajstić information content (AvgIpc) is 2.47. The Labute approximate surface area is 124 Å². The molecule has 0 fully saturated rings. The van der Waals surface area contributed by atoms with Gasteiger partial charge in [-0.3, -0.25) is 4.79 Å². The van der Waals surface area contributed by atoms with E-state index in [0.29, 0.717) is 0 Å². The molecule has 2 aromatic rings. The van der Waals surface area contributed by atoms with Crippen LogP contribution in [0.2, 0.25) is 5.02 Å². The zero-order chi connectivity index (χ0) is 15.4. The SMILES string of the molecule is N#C/C(=C\c1c(F)cccc1Cl)C(=O)c1ccc(F)cc1. The molecule has 21 heavy (non-hydrogen) atoms. The Morgan fingerprint density at radius 2 is 1.81 bits per heavy atom. The lowest BCUT2D eigenvalue weighted by Crippen LogP contribution is -2.02. The highest BCUT2D eigenvalue weighted by molar-refractivity contribution is 6.32. The van der Waals surface area contributed by atoms with Crippen molar-refractivity contribution in [3.8, 4) is 6.07 Å². The molecule has 5 heteroatoms. The van der Waals surface area contributed by atoms with Crippen LogP contribution in [-0.4, -0.2) is 5.78 Å². The summed E-state index contributed by atoms with van der Waals surface area (Å²) in [6.45, 7) is 0. The first-order valence-electron chi connectivity index (χ1n) is 5.89. The Bertz CT molecular complexity index is 741. The second kappa shape index (κ2) is 6.29. The summed E-state index contributed by atoms with van der Waals surface area (Å²) in [5.41, 5.74) is -0.184. The van der Waals surface area contributed by atoms with E-state index in [-0.39, 0.29) is 21.7 Å². The first kappa shape index (κ1) is 14.9. The van der Waals surface area contributed by atoms with Crippen molar-refractivity contribution in [3.63, 3.8) is 0 Å². The van der Waals surface area contributed by atoms with Crippen molar-refractivity contribution in [3.05, 3.63) is 75.8 Å². The zero-order valence-corrected chi connectivity index (χ0v) is 11.4. The molecular weight excluding hydrogens is 296 g/mol. The van der Waals surface area contributed by atoms with Crippen LogP contribution in [0.5, 0.6) is 0 Å². The van der Waals surface area contributed by atoms with E-state index in [1.807, 2.05) is 0 Å². The van der Waals surface area contributed by atoms with Crippen molar-refractivity contribution >= 4 is 23.5 Å². The summed E-state index contributed by atoms with van der Waals surface area (Å²) in [6, 6.07) is 10.5. The van der Waals surface area contributed by atoms with Gasteiger partial charge in [0.05, 0.1) is 5.02 Å². The predicted octanol–water partition coefficient (Wildman–Crippen LogP) is 4.41. The van der Waals surface area contributed by atoms with Gasteiger partial charge in [-0.1, -0.05) is 17.7 Å². The summed E-state index contributed by atoms with van der Waals surface area (Å²) in [5, 5.41) is 9.17. The monoisotopic (exact) mass is 303 g/mol. The van der Waals surface area contributed by atoms with Crippen LogP contribution < -0.4 is 0 Å². The van der Waals surface area contributed by atoms with Crippen LogP contribution >= 0.6 is 11.6 Å². The maximum Gasteiger partial charge on any atom is 0.203 e. The smallest absolute Gasteiger partial charge is 0.203 e. The third-order valence-electron chi connectivity index (χ3n) is 2.76. The summed E-state index contributed by atoms with van der Waals surface area (Å²) >= 11 is 5.85. The second-order valence-electron chi connectivity index (χ2n) is 4.14. The molecule has 0 amide bonds. The Morgan fingerprint density at radius 1 is 1.14 bits per heavy atom. The number of Topliss-reactive ketones (excluding diaryl/α,β-unsaturated/α-hetero) is 1. The van der Waals surface area contributed by atoms with Crippen molar-refractivity contribution in [2.75, 3.05) is 0 Å². The maximum absolute atomic E-state index is 13.7. The Hall–Kier alpha value is -2.51. The third kappa shape index (κ3) is 3.33. The number of ketones is 1. The van der Waals surface area contributed by atoms with Gasteiger partial charge in [0.1, 0.15) is 23.3 Å². The molecule has 104 valence electrons. The van der Waals surface area contributed by atoms with Crippen LogP contribution in [0.1, 0.15) is 15.9 Å². The third-order valence-corrected chi connectivity index (χ3v) is 3.09. The Kier molecular flexibility index (Phi) is 4.46. The number of benzene rings is 2. The molecule has 0 N–H and O–H groups in total. The van der Waals surface area contributed by atoms with Crippen molar-refractivity contribution in [2.45, 2.75) is 0 Å². The van der Waals surface area contributed by atoms with Crippen LogP contribution in [-0.2, 0) is 0 Å². The highest BCUT2D eigenvalue weighted by Gasteiger charge is 2.14. The van der Waals surface area contributed by atoms with E-state index in [2.05, 4.69) is 0 Å². The van der Waals surface area contributed by atoms with Gasteiger partial charge in [-0.15, -0.1) is 0 Å². The van der Waals surface area contributed by atoms with Crippen molar-refractivity contribution in [1.29, 1.82) is 5.26 Å². The van der Waals surface area contributed by atoms with Gasteiger partial charge in [-0.25, -0.2) is 8.78 Å². The number of halogens is 3. The number of allylic oxidation sites excluding steroid dienone is 1. The highest BCUT2D eigenvalue weighted by atomic mass is 35.5. The molecule has 0 aliphatic carbocycles. The van der Waals surface area contributed by atoms with Crippen molar-refractivity contribution in [2.24, 2.45) is 0 Å². The maximum atomic E-state index is 13.7. The van der Waals surface area contributed by atoms with Crippen LogP contribution in [0.15, 0.2) is 48.0 Å². The van der Waals surface area contributed by atoms with Gasteiger partial charge in [0.2, 0.25) is 5.78 Å². The van der Waals surface area contributed by atoms with E-state index in [0.717, 1.165) is 18.2 Å². The molecule has 0 saturated heterocycles. The number of nitriles is 1. The molecule has 0 aliphatic heterocycles. The van der Waals surface area contributed by atoms with Crippen LogP contribution in [0.4, 0.5) is 8.78 Å². The molecule has 0 spiro atoms. The van der Waals surface area contributed by atoms with Crippen LogP contribution in [0, 0.1) is 23.0 Å². The zero-order valence-electron chi connectivity index (χ0n) is 10.6. The lowest BCUT2D eigenvalue weighted by atomic mass is 10.0. The van der Waals surface area contributed by atoms with E-state index < -0.39 is 17.4 Å². The highest BCUT2D eigenvalue weighted by Crippen LogP contribution is 2.23. The Morgan fingerprint density at radius 3 is 2.38 bits per heavy atom. The minimum Gasteiger partial charge on any atom is -0.288 e. The summed E-state index contributed by atoms with van der Waals surface area (Å²) in [5.74, 6) is -1.76. The van der Waals surface area contributed by atoms with Gasteiger partial charge in [0.15, 0.2) is 0 Å². The minimum absolute atomic E-state index is 0.0359. The molecule has 2 nitrogen and oxygen atoms in total. The summed E-state index contributed by atoms with van der Waals surface area (Å²) in [7, 11) is 0. The molecule has 0 saturated carbocycles. The summed E-state index contributed by atoms with van der Waals surface area (Å²) in [4.78, 5) is 12.1. The van der Waals surface area contributed by atoms with Gasteiger partial charge in [-0.2, -0.15) is 5.26 Å². The molecule has 0 bridgehead atoms. The van der Waals surface area contributed by atoms with E-state index in [4.69, 9.17) is 16.9 Å². The summed E-state index contributed by atoms with van der Waals surface area (Å²) < 4.78 is 26.5. The molecule has 0 aromatic heterocycles. The topological polar surface area (TPSA) is 40.9 Å². The molecule has 0 unspecified atom stereocenters. The van der Waals surface area contributed by atoms with Crippen LogP contribution in [0.3, 0.4) is 0 Å². The number of nitrogens with zero attached hydrogens (tertiary/aromatic N) is 1. The number of hydrogen-bond acceptors (Lipinski definition) is 2. The molecule has 2 aromatic carbocycles. The minimum atomic E-state index is -0.637. The second-order valence-corrected chi connectivity index (χ2v) is 4.55. The first-order chi connectivity index (χ1) is 10.0. The average molecular weight is 304 g/mol. The first-order valence-corrected chi connectivity index (χ1v) is 6.27. The molecule has 0 radical (unpaired) electrons. The fourth-order valence-electron chi connectivity index (χ4n) is 1.70.